The van der Waals surface area contributed by atoms with Crippen LogP contribution in [0.5, 0.6) is 5.75 Å². The van der Waals surface area contributed by atoms with E-state index in [1.54, 1.807) is 18.4 Å². The summed E-state index contributed by atoms with van der Waals surface area (Å²) < 4.78 is 25.9. The number of methoxy groups -OCH3 is 1. The van der Waals surface area contributed by atoms with Crippen molar-refractivity contribution in [1.82, 2.24) is 10.2 Å². The highest BCUT2D eigenvalue weighted by atomic mass is 32.1. The fraction of sp³-hybridized carbons (Fsp3) is 0.643. The van der Waals surface area contributed by atoms with Crippen LogP contribution in [0, 0.1) is 12.8 Å². The molecule has 2 aromatic rings. The van der Waals surface area contributed by atoms with Crippen LogP contribution >= 0.6 is 11.3 Å². The Kier molecular flexibility index (Phi) is 6.56. The summed E-state index contributed by atoms with van der Waals surface area (Å²) in [6.45, 7) is 16.4. The topological polar surface area (TPSA) is 86.3 Å². The number of likely N-dealkylation sites (tertiary alicyclic amines) is 1. The van der Waals surface area contributed by atoms with E-state index in [4.69, 9.17) is 18.8 Å². The van der Waals surface area contributed by atoms with E-state index in [0.29, 0.717) is 17.9 Å². The summed E-state index contributed by atoms with van der Waals surface area (Å²) in [7, 11) is 1.16. The Morgan fingerprint density at radius 1 is 1.13 bits per heavy atom. The van der Waals surface area contributed by atoms with E-state index in [9.17, 15) is 9.59 Å². The number of alkyl carbamates (subject to hydrolysis) is 1. The standard InChI is InChI=1S/C28H39BN2O6S/c1-15-21-19(34-9)12-17(13-20(21)38-23(15)29-36-27(5,6)28(7,8)37-29)24(32)31-14-16-10-11-18(31)22(16)30-25(33)35-26(2,3)4/h12-13,16,18,22H,10-11,14H2,1-9H3,(H,30,33)/t16?,18?,22-/m1/s1. The molecule has 2 unspecified atom stereocenters. The molecule has 1 saturated carbocycles. The van der Waals surface area contributed by atoms with Crippen LogP contribution in [-0.2, 0) is 14.0 Å². The number of thiophene rings is 1. The maximum atomic E-state index is 13.8. The van der Waals surface area contributed by atoms with Gasteiger partial charge >= 0.3 is 13.2 Å². The Morgan fingerprint density at radius 3 is 2.39 bits per heavy atom. The van der Waals surface area contributed by atoms with Crippen molar-refractivity contribution in [2.45, 2.75) is 97.1 Å². The first-order valence-corrected chi connectivity index (χ1v) is 14.2. The van der Waals surface area contributed by atoms with E-state index < -0.39 is 30.0 Å². The molecular weight excluding hydrogens is 503 g/mol. The van der Waals surface area contributed by atoms with Gasteiger partial charge in [-0.15, -0.1) is 11.3 Å². The van der Waals surface area contributed by atoms with E-state index in [0.717, 1.165) is 33.3 Å². The summed E-state index contributed by atoms with van der Waals surface area (Å²) in [5.41, 5.74) is 0.177. The van der Waals surface area contributed by atoms with Crippen LogP contribution in [0.2, 0.25) is 0 Å². The van der Waals surface area contributed by atoms with Crippen LogP contribution < -0.4 is 14.8 Å². The van der Waals surface area contributed by atoms with Gasteiger partial charge in [-0.3, -0.25) is 4.79 Å². The predicted octanol–water partition coefficient (Wildman–Crippen LogP) is 4.65. The lowest BCUT2D eigenvalue weighted by Crippen LogP contribution is -2.46. The van der Waals surface area contributed by atoms with Crippen molar-refractivity contribution in [3.63, 3.8) is 0 Å². The van der Waals surface area contributed by atoms with Crippen LogP contribution in [0.1, 0.15) is 77.2 Å². The highest BCUT2D eigenvalue weighted by molar-refractivity contribution is 7.28. The first kappa shape index (κ1) is 27.3. The number of ether oxygens (including phenoxy) is 2. The van der Waals surface area contributed by atoms with Crippen molar-refractivity contribution >= 4 is 45.3 Å². The van der Waals surface area contributed by atoms with Gasteiger partial charge in [0.15, 0.2) is 0 Å². The van der Waals surface area contributed by atoms with Gasteiger partial charge in [-0.2, -0.15) is 0 Å². The Labute approximate surface area is 229 Å². The molecule has 2 saturated heterocycles. The van der Waals surface area contributed by atoms with Crippen LogP contribution in [0.4, 0.5) is 4.79 Å². The number of benzene rings is 1. The van der Waals surface area contributed by atoms with Gasteiger partial charge in [0.1, 0.15) is 11.4 Å². The van der Waals surface area contributed by atoms with Crippen molar-refractivity contribution in [3.05, 3.63) is 23.3 Å². The maximum Gasteiger partial charge on any atom is 0.505 e. The Balaban J connectivity index is 1.41. The SMILES string of the molecule is COc1cc(C(=O)N2CC3CCC2[C@@H]3NC(=O)OC(C)(C)C)cc2sc(B3OC(C)(C)C(C)(C)O3)c(C)c12. The minimum Gasteiger partial charge on any atom is -0.496 e. The van der Waals surface area contributed by atoms with Gasteiger partial charge in [0.05, 0.1) is 30.4 Å². The third kappa shape index (κ3) is 4.58. The number of nitrogens with zero attached hydrogens (tertiary/aromatic N) is 1. The van der Waals surface area contributed by atoms with E-state index in [1.165, 1.54) is 0 Å². The molecule has 3 atom stereocenters. The number of fused-ring (bicyclic) bond motifs is 3. The van der Waals surface area contributed by atoms with Crippen molar-refractivity contribution in [2.24, 2.45) is 5.92 Å². The maximum absolute atomic E-state index is 13.8. The minimum absolute atomic E-state index is 0.0448. The second kappa shape index (κ2) is 9.13. The zero-order valence-electron chi connectivity index (χ0n) is 23.9. The van der Waals surface area contributed by atoms with Gasteiger partial charge in [0.2, 0.25) is 0 Å². The second-order valence-electron chi connectivity index (χ2n) is 12.8. The highest BCUT2D eigenvalue weighted by Gasteiger charge is 2.53. The van der Waals surface area contributed by atoms with Crippen molar-refractivity contribution < 1.29 is 28.4 Å². The number of nitrogens with one attached hydrogen (secondary N) is 1. The number of rotatable bonds is 4. The summed E-state index contributed by atoms with van der Waals surface area (Å²) >= 11 is 1.58. The van der Waals surface area contributed by atoms with Crippen molar-refractivity contribution in [1.29, 1.82) is 0 Å². The number of hydrogen-bond acceptors (Lipinski definition) is 7. The summed E-state index contributed by atoms with van der Waals surface area (Å²) in [6, 6.07) is 3.64. The molecule has 3 fully saturated rings. The van der Waals surface area contributed by atoms with Gasteiger partial charge in [-0.1, -0.05) is 0 Å². The van der Waals surface area contributed by atoms with Crippen molar-refractivity contribution in [3.8, 4) is 5.75 Å². The number of piperidine rings is 1. The van der Waals surface area contributed by atoms with Crippen LogP contribution in [0.25, 0.3) is 10.1 Å². The smallest absolute Gasteiger partial charge is 0.496 e. The molecule has 1 aromatic carbocycles. The van der Waals surface area contributed by atoms with Gasteiger partial charge in [-0.25, -0.2) is 4.79 Å². The molecule has 10 heteroatoms. The van der Waals surface area contributed by atoms with Gasteiger partial charge in [0.25, 0.3) is 5.91 Å². The fourth-order valence-electron chi connectivity index (χ4n) is 5.88. The van der Waals surface area contributed by atoms with Gasteiger partial charge in [-0.05, 0) is 91.8 Å². The van der Waals surface area contributed by atoms with Crippen LogP contribution in [-0.4, -0.2) is 66.6 Å². The number of aryl methyl sites for hydroxylation is 1. The molecular formula is C28H39BN2O6S. The number of hydrogen-bond donors (Lipinski definition) is 1. The number of carbonyl (C=O) groups excluding carboxylic acids is 2. The van der Waals surface area contributed by atoms with E-state index in [2.05, 4.69) is 12.2 Å². The van der Waals surface area contributed by atoms with E-state index >= 15 is 0 Å². The lowest BCUT2D eigenvalue weighted by Gasteiger charge is -2.32. The summed E-state index contributed by atoms with van der Waals surface area (Å²) in [5, 5.41) is 4.01. The van der Waals surface area contributed by atoms with Crippen molar-refractivity contribution in [2.75, 3.05) is 13.7 Å². The molecule has 0 radical (unpaired) electrons. The van der Waals surface area contributed by atoms with Gasteiger partial charge in [0, 0.05) is 27.0 Å². The Bertz CT molecular complexity index is 1270. The normalized spacial score (nSPS) is 25.8. The van der Waals surface area contributed by atoms with Crippen LogP contribution in [0.3, 0.4) is 0 Å². The first-order valence-electron chi connectivity index (χ1n) is 13.4. The average Bonchev–Trinajstić information content (AvgIpc) is 3.51. The molecule has 3 aliphatic rings. The first-order chi connectivity index (χ1) is 17.6. The second-order valence-corrected chi connectivity index (χ2v) is 13.8. The number of amides is 2. The molecule has 8 nitrogen and oxygen atoms in total. The molecule has 1 aliphatic carbocycles. The molecule has 0 spiro atoms. The third-order valence-corrected chi connectivity index (χ3v) is 9.76. The van der Waals surface area contributed by atoms with Gasteiger partial charge < -0.3 is 29.0 Å². The minimum atomic E-state index is -0.568. The lowest BCUT2D eigenvalue weighted by molar-refractivity contribution is 0.00578. The summed E-state index contributed by atoms with van der Waals surface area (Å²) in [6.07, 6.45) is 1.42. The highest BCUT2D eigenvalue weighted by Crippen LogP contribution is 2.42. The Morgan fingerprint density at radius 2 is 1.79 bits per heavy atom. The average molecular weight is 543 g/mol. The molecule has 5 rings (SSSR count). The summed E-state index contributed by atoms with van der Waals surface area (Å²) in [4.78, 5) is 28.2. The quantitative estimate of drug-likeness (QED) is 0.567. The zero-order chi connectivity index (χ0) is 27.8. The molecule has 1 aromatic heterocycles. The third-order valence-electron chi connectivity index (χ3n) is 8.50. The number of carbonyl (C=O) groups is 2. The lowest BCUT2D eigenvalue weighted by atomic mass is 9.84. The molecule has 3 heterocycles. The predicted molar refractivity (Wildman–Crippen MR) is 150 cm³/mol. The zero-order valence-corrected chi connectivity index (χ0v) is 24.7. The molecule has 2 aliphatic heterocycles. The van der Waals surface area contributed by atoms with E-state index in [1.807, 2.05) is 65.5 Å². The largest absolute Gasteiger partial charge is 0.505 e. The Hall–Kier alpha value is -2.30. The molecule has 38 heavy (non-hydrogen) atoms. The van der Waals surface area contributed by atoms with Crippen LogP contribution in [0.15, 0.2) is 12.1 Å². The molecule has 2 bridgehead atoms. The molecule has 1 N–H and O–H groups in total. The van der Waals surface area contributed by atoms with E-state index in [-0.39, 0.29) is 23.9 Å². The molecule has 2 amide bonds. The monoisotopic (exact) mass is 542 g/mol. The summed E-state index contributed by atoms with van der Waals surface area (Å²) in [5.74, 6) is 0.841. The fourth-order valence-corrected chi connectivity index (χ4v) is 7.10. The molecule has 206 valence electrons.